The average Bonchev–Trinajstić information content (AvgIpc) is 2.67. The van der Waals surface area contributed by atoms with E-state index in [9.17, 15) is 35.4 Å². The highest BCUT2D eigenvalue weighted by Crippen LogP contribution is 2.44. The second-order valence-electron chi connectivity index (χ2n) is 13.5. The van der Waals surface area contributed by atoms with Crippen LogP contribution in [0.25, 0.3) is 0 Å². The van der Waals surface area contributed by atoms with Crippen LogP contribution in [0.15, 0.2) is 24.3 Å². The maximum absolute atomic E-state index is 14.4. The van der Waals surface area contributed by atoms with Crippen molar-refractivity contribution in [3.63, 3.8) is 0 Å². The molecule has 0 saturated carbocycles. The minimum atomic E-state index is -1.61. The molecule has 0 unspecified atom stereocenters. The molecule has 7 nitrogen and oxygen atoms in total. The van der Waals surface area contributed by atoms with Gasteiger partial charge in [0, 0.05) is 22.3 Å². The molecule has 2 aromatic rings. The van der Waals surface area contributed by atoms with Gasteiger partial charge in [-0.25, -0.2) is 0 Å². The van der Waals surface area contributed by atoms with Gasteiger partial charge in [0.15, 0.2) is 5.78 Å². The molecule has 212 valence electrons. The van der Waals surface area contributed by atoms with Gasteiger partial charge in [-0.2, -0.15) is 0 Å². The first-order valence-corrected chi connectivity index (χ1v) is 12.9. The number of ketones is 1. The van der Waals surface area contributed by atoms with Crippen molar-refractivity contribution in [2.75, 3.05) is 0 Å². The van der Waals surface area contributed by atoms with E-state index in [4.69, 9.17) is 0 Å². The van der Waals surface area contributed by atoms with Crippen LogP contribution in [0.2, 0.25) is 0 Å². The van der Waals surface area contributed by atoms with Crippen molar-refractivity contribution < 1.29 is 35.4 Å². The van der Waals surface area contributed by atoms with Crippen molar-refractivity contribution in [2.45, 2.75) is 117 Å². The van der Waals surface area contributed by atoms with Crippen LogP contribution < -0.4 is 0 Å². The van der Waals surface area contributed by atoms with Crippen LogP contribution in [0.3, 0.4) is 0 Å². The van der Waals surface area contributed by atoms with E-state index in [2.05, 4.69) is 0 Å². The van der Waals surface area contributed by atoms with Crippen LogP contribution in [0.5, 0.6) is 0 Å². The summed E-state index contributed by atoms with van der Waals surface area (Å²) in [5.41, 5.74) is -7.47. The quantitative estimate of drug-likeness (QED) is 0.280. The average molecular weight is 531 g/mol. The molecule has 2 rings (SSSR count). The van der Waals surface area contributed by atoms with Crippen LogP contribution in [-0.2, 0) is 33.6 Å². The van der Waals surface area contributed by atoms with Crippen LogP contribution in [-0.4, -0.2) is 36.4 Å². The topological polar surface area (TPSA) is 138 Å². The van der Waals surface area contributed by atoms with Crippen LogP contribution in [0, 0.1) is 0 Å². The van der Waals surface area contributed by atoms with Gasteiger partial charge in [-0.3, -0.25) is 4.79 Å². The Kier molecular flexibility index (Phi) is 8.03. The van der Waals surface area contributed by atoms with E-state index in [1.54, 1.807) is 39.8 Å². The zero-order valence-electron chi connectivity index (χ0n) is 24.9. The minimum Gasteiger partial charge on any atom is -0.386 e. The highest BCUT2D eigenvalue weighted by atomic mass is 16.3. The van der Waals surface area contributed by atoms with Crippen molar-refractivity contribution in [3.05, 3.63) is 68.8 Å². The van der Waals surface area contributed by atoms with E-state index in [1.807, 2.05) is 0 Å². The van der Waals surface area contributed by atoms with E-state index in [0.29, 0.717) is 11.1 Å². The summed E-state index contributed by atoms with van der Waals surface area (Å²) in [6, 6.07) is 6.11. The van der Waals surface area contributed by atoms with Gasteiger partial charge in [0.1, 0.15) is 0 Å². The zero-order chi connectivity index (χ0) is 30.0. The number of benzene rings is 2. The van der Waals surface area contributed by atoms with E-state index in [-0.39, 0.29) is 33.4 Å². The van der Waals surface area contributed by atoms with Crippen molar-refractivity contribution >= 4 is 5.78 Å². The third kappa shape index (κ3) is 6.36. The monoisotopic (exact) mass is 530 g/mol. The van der Waals surface area contributed by atoms with Gasteiger partial charge in [-0.05, 0) is 105 Å². The fourth-order valence-electron chi connectivity index (χ4n) is 5.29. The lowest BCUT2D eigenvalue weighted by Gasteiger charge is -2.37. The zero-order valence-corrected chi connectivity index (χ0v) is 24.9. The summed E-state index contributed by atoms with van der Waals surface area (Å²) in [5, 5.41) is 66.7. The van der Waals surface area contributed by atoms with Crippen LogP contribution in [0.4, 0.5) is 0 Å². The van der Waals surface area contributed by atoms with Crippen molar-refractivity contribution in [1.82, 2.24) is 0 Å². The molecule has 0 bridgehead atoms. The summed E-state index contributed by atoms with van der Waals surface area (Å²) in [7, 11) is 0. The first kappa shape index (κ1) is 32.1. The Bertz CT molecular complexity index is 1120. The lowest BCUT2D eigenvalue weighted by Crippen LogP contribution is -2.35. The molecule has 0 fully saturated rings. The van der Waals surface area contributed by atoms with Gasteiger partial charge < -0.3 is 30.6 Å². The molecule has 0 spiro atoms. The van der Waals surface area contributed by atoms with Gasteiger partial charge in [0.25, 0.3) is 0 Å². The van der Waals surface area contributed by atoms with Gasteiger partial charge in [0.05, 0.1) is 33.6 Å². The summed E-state index contributed by atoms with van der Waals surface area (Å²) in [5.74, 6) is -0.556. The molecule has 6 N–H and O–H groups in total. The Morgan fingerprint density at radius 3 is 0.842 bits per heavy atom. The number of aliphatic hydroxyl groups is 6. The molecular weight excluding hydrogens is 484 g/mol. The van der Waals surface area contributed by atoms with E-state index >= 15 is 0 Å². The molecule has 0 saturated heterocycles. The largest absolute Gasteiger partial charge is 0.386 e. The number of carbonyl (C=O) groups is 1. The lowest BCUT2D eigenvalue weighted by molar-refractivity contribution is 0.0370. The van der Waals surface area contributed by atoms with Gasteiger partial charge in [-0.1, -0.05) is 24.3 Å². The fraction of sp³-hybridized carbons (Fsp3) is 0.581. The third-order valence-electron chi connectivity index (χ3n) is 6.67. The van der Waals surface area contributed by atoms with Crippen molar-refractivity contribution in [1.29, 1.82) is 0 Å². The first-order chi connectivity index (χ1) is 16.6. The van der Waals surface area contributed by atoms with Crippen LogP contribution in [0.1, 0.15) is 132 Å². The Morgan fingerprint density at radius 2 is 0.658 bits per heavy atom. The number of rotatable bonds is 8. The summed E-state index contributed by atoms with van der Waals surface area (Å²) >= 11 is 0. The molecule has 0 radical (unpaired) electrons. The summed E-state index contributed by atoms with van der Waals surface area (Å²) in [6.45, 7) is 18.3. The van der Waals surface area contributed by atoms with Crippen molar-refractivity contribution in [2.24, 2.45) is 0 Å². The standard InChI is InChI=1S/C31H46O7/c1-26(2,33)19-15-13-17(21(28(5,6)35)23(19)30(9,10)37)25(32)18-14-16-20(27(3,4)34)24(31(11,12)38)22(18)29(7,8)36/h13-16,33-38H,1-12H3. The molecule has 0 amide bonds. The Hall–Kier alpha value is -2.13. The summed E-state index contributed by atoms with van der Waals surface area (Å²) < 4.78 is 0. The molecule has 0 atom stereocenters. The highest BCUT2D eigenvalue weighted by Gasteiger charge is 2.41. The van der Waals surface area contributed by atoms with Gasteiger partial charge in [-0.15, -0.1) is 0 Å². The third-order valence-corrected chi connectivity index (χ3v) is 6.67. The molecular formula is C31H46O7. The second-order valence-corrected chi connectivity index (χ2v) is 13.5. The SMILES string of the molecule is CC(C)(O)c1ccc(C(=O)c2ccc(C(C)(C)O)c(C(C)(C)O)c2C(C)(C)O)c(C(C)(C)O)c1C(C)(C)O. The fourth-order valence-corrected chi connectivity index (χ4v) is 5.29. The van der Waals surface area contributed by atoms with Gasteiger partial charge >= 0.3 is 0 Å². The molecule has 0 aliphatic rings. The predicted molar refractivity (Wildman–Crippen MR) is 148 cm³/mol. The predicted octanol–water partition coefficient (Wildman–Crippen LogP) is 4.28. The highest BCUT2D eigenvalue weighted by molar-refractivity contribution is 6.11. The Labute approximate surface area is 226 Å². The number of hydrogen-bond acceptors (Lipinski definition) is 7. The lowest BCUT2D eigenvalue weighted by atomic mass is 9.72. The smallest absolute Gasteiger partial charge is 0.193 e. The minimum absolute atomic E-state index is 0.0748. The van der Waals surface area contributed by atoms with E-state index < -0.39 is 39.4 Å². The molecule has 7 heteroatoms. The van der Waals surface area contributed by atoms with E-state index in [1.165, 1.54) is 67.5 Å². The molecule has 0 heterocycles. The maximum atomic E-state index is 14.4. The molecule has 38 heavy (non-hydrogen) atoms. The Balaban J connectivity index is 3.17. The maximum Gasteiger partial charge on any atom is 0.193 e. The number of carbonyl (C=O) groups excluding carboxylic acids is 1. The molecule has 0 aliphatic heterocycles. The molecule has 0 aliphatic carbocycles. The second kappa shape index (κ2) is 9.51. The first-order valence-electron chi connectivity index (χ1n) is 12.9. The number of hydrogen-bond donors (Lipinski definition) is 6. The Morgan fingerprint density at radius 1 is 0.421 bits per heavy atom. The summed E-state index contributed by atoms with van der Waals surface area (Å²) in [6.07, 6.45) is 0. The van der Waals surface area contributed by atoms with Crippen molar-refractivity contribution in [3.8, 4) is 0 Å². The molecule has 0 aromatic heterocycles. The molecule has 2 aromatic carbocycles. The normalized spacial score (nSPS) is 14.2. The van der Waals surface area contributed by atoms with Gasteiger partial charge in [0.2, 0.25) is 0 Å². The van der Waals surface area contributed by atoms with E-state index in [0.717, 1.165) is 0 Å². The summed E-state index contributed by atoms with van der Waals surface area (Å²) in [4.78, 5) is 14.4. The van der Waals surface area contributed by atoms with Crippen LogP contribution >= 0.6 is 0 Å².